The van der Waals surface area contributed by atoms with Crippen LogP contribution in [0.5, 0.6) is 11.5 Å². The van der Waals surface area contributed by atoms with Crippen LogP contribution in [0.15, 0.2) is 29.4 Å². The first-order valence-electron chi connectivity index (χ1n) is 7.10. The summed E-state index contributed by atoms with van der Waals surface area (Å²) >= 11 is 1.71. The SMILES string of the molecule is COc1ccc(C(=O)N/N=C(/C)c2cc(C)sc2C)cc1OC. The zero-order chi connectivity index (χ0) is 17.0. The van der Waals surface area contributed by atoms with Gasteiger partial charge in [-0.25, -0.2) is 5.43 Å². The lowest BCUT2D eigenvalue weighted by molar-refractivity contribution is 0.0954. The number of carbonyl (C=O) groups is 1. The van der Waals surface area contributed by atoms with Crippen molar-refractivity contribution in [3.8, 4) is 11.5 Å². The molecule has 0 aliphatic rings. The van der Waals surface area contributed by atoms with E-state index in [1.54, 1.807) is 36.6 Å². The minimum atomic E-state index is -0.296. The third-order valence-electron chi connectivity index (χ3n) is 3.40. The lowest BCUT2D eigenvalue weighted by Gasteiger charge is -2.09. The number of thiophene rings is 1. The summed E-state index contributed by atoms with van der Waals surface area (Å²) in [5.74, 6) is 0.785. The van der Waals surface area contributed by atoms with Gasteiger partial charge in [0.25, 0.3) is 5.91 Å². The molecular formula is C17H20N2O3S. The molecule has 6 heteroatoms. The molecule has 1 amide bonds. The van der Waals surface area contributed by atoms with Gasteiger partial charge in [0.1, 0.15) is 0 Å². The van der Waals surface area contributed by atoms with Gasteiger partial charge in [0.15, 0.2) is 11.5 Å². The average molecular weight is 332 g/mol. The standard InChI is InChI=1S/C17H20N2O3S/c1-10-8-14(12(3)23-10)11(2)18-19-17(20)13-6-7-15(21-4)16(9-13)22-5/h6-9H,1-5H3,(H,19,20)/b18-11-. The highest BCUT2D eigenvalue weighted by molar-refractivity contribution is 7.12. The normalized spacial score (nSPS) is 11.3. The van der Waals surface area contributed by atoms with Crippen molar-refractivity contribution in [1.82, 2.24) is 5.43 Å². The number of amides is 1. The van der Waals surface area contributed by atoms with Crippen molar-refractivity contribution >= 4 is 23.0 Å². The van der Waals surface area contributed by atoms with Gasteiger partial charge in [-0.2, -0.15) is 5.10 Å². The molecule has 1 aromatic heterocycles. The molecule has 1 N–H and O–H groups in total. The van der Waals surface area contributed by atoms with Gasteiger partial charge in [-0.05, 0) is 45.0 Å². The highest BCUT2D eigenvalue weighted by Gasteiger charge is 2.11. The first-order valence-corrected chi connectivity index (χ1v) is 7.92. The Hall–Kier alpha value is -2.34. The van der Waals surface area contributed by atoms with Crippen LogP contribution in [0.25, 0.3) is 0 Å². The zero-order valence-electron chi connectivity index (χ0n) is 13.9. The second-order valence-corrected chi connectivity index (χ2v) is 6.50. The predicted molar refractivity (Wildman–Crippen MR) is 93.0 cm³/mol. The number of carbonyl (C=O) groups excluding carboxylic acids is 1. The molecular weight excluding hydrogens is 312 g/mol. The maximum absolute atomic E-state index is 12.2. The summed E-state index contributed by atoms with van der Waals surface area (Å²) in [6.45, 7) is 5.97. The number of aryl methyl sites for hydroxylation is 2. The Morgan fingerprint density at radius 3 is 2.39 bits per heavy atom. The minimum absolute atomic E-state index is 0.296. The monoisotopic (exact) mass is 332 g/mol. The zero-order valence-corrected chi connectivity index (χ0v) is 14.7. The van der Waals surface area contributed by atoms with Crippen LogP contribution in [0.2, 0.25) is 0 Å². The van der Waals surface area contributed by atoms with E-state index in [9.17, 15) is 4.79 Å². The van der Waals surface area contributed by atoms with Gasteiger partial charge in [0, 0.05) is 20.9 Å². The minimum Gasteiger partial charge on any atom is -0.493 e. The van der Waals surface area contributed by atoms with Gasteiger partial charge in [-0.1, -0.05) is 0 Å². The van der Waals surface area contributed by atoms with Crippen LogP contribution in [0.3, 0.4) is 0 Å². The van der Waals surface area contributed by atoms with E-state index in [1.165, 1.54) is 16.9 Å². The molecule has 2 aromatic rings. The topological polar surface area (TPSA) is 59.9 Å². The summed E-state index contributed by atoms with van der Waals surface area (Å²) in [6, 6.07) is 7.05. The Morgan fingerprint density at radius 2 is 1.83 bits per heavy atom. The van der Waals surface area contributed by atoms with Gasteiger partial charge in [-0.15, -0.1) is 11.3 Å². The largest absolute Gasteiger partial charge is 0.493 e. The summed E-state index contributed by atoms with van der Waals surface area (Å²) in [5.41, 5.74) is 4.87. The Bertz CT molecular complexity index is 750. The van der Waals surface area contributed by atoms with Gasteiger partial charge in [-0.3, -0.25) is 4.79 Å². The maximum atomic E-state index is 12.2. The number of hydrogen-bond acceptors (Lipinski definition) is 5. The lowest BCUT2D eigenvalue weighted by Crippen LogP contribution is -2.19. The molecule has 23 heavy (non-hydrogen) atoms. The van der Waals surface area contributed by atoms with Crippen LogP contribution in [0, 0.1) is 13.8 Å². The fourth-order valence-electron chi connectivity index (χ4n) is 2.23. The van der Waals surface area contributed by atoms with E-state index in [-0.39, 0.29) is 5.91 Å². The number of rotatable bonds is 5. The number of benzene rings is 1. The van der Waals surface area contributed by atoms with Gasteiger partial charge in [0.05, 0.1) is 19.9 Å². The summed E-state index contributed by atoms with van der Waals surface area (Å²) in [7, 11) is 3.08. The predicted octanol–water partition coefficient (Wildman–Crippen LogP) is 3.54. The molecule has 1 heterocycles. The summed E-state index contributed by atoms with van der Waals surface area (Å²) < 4.78 is 10.4. The van der Waals surface area contributed by atoms with Crippen LogP contribution >= 0.6 is 11.3 Å². The van der Waals surface area contributed by atoms with Gasteiger partial charge in [0.2, 0.25) is 0 Å². The van der Waals surface area contributed by atoms with Crippen molar-refractivity contribution in [3.63, 3.8) is 0 Å². The molecule has 0 atom stereocenters. The summed E-state index contributed by atoms with van der Waals surface area (Å²) in [5, 5.41) is 4.19. The molecule has 0 bridgehead atoms. The van der Waals surface area contributed by atoms with Gasteiger partial charge < -0.3 is 9.47 Å². The van der Waals surface area contributed by atoms with E-state index in [0.29, 0.717) is 17.1 Å². The van der Waals surface area contributed by atoms with Crippen LogP contribution in [0.1, 0.15) is 32.6 Å². The van der Waals surface area contributed by atoms with Crippen LogP contribution in [-0.4, -0.2) is 25.8 Å². The van der Waals surface area contributed by atoms with E-state index in [1.807, 2.05) is 13.8 Å². The van der Waals surface area contributed by atoms with Crippen molar-refractivity contribution in [2.45, 2.75) is 20.8 Å². The molecule has 122 valence electrons. The highest BCUT2D eigenvalue weighted by Crippen LogP contribution is 2.27. The van der Waals surface area contributed by atoms with E-state index in [4.69, 9.17) is 9.47 Å². The molecule has 0 unspecified atom stereocenters. The smallest absolute Gasteiger partial charge is 0.271 e. The Labute approximate surface area is 139 Å². The number of hydrogen-bond donors (Lipinski definition) is 1. The van der Waals surface area contributed by atoms with Crippen molar-refractivity contribution in [1.29, 1.82) is 0 Å². The van der Waals surface area contributed by atoms with Crippen LogP contribution in [-0.2, 0) is 0 Å². The fourth-order valence-corrected chi connectivity index (χ4v) is 3.20. The number of hydrazone groups is 1. The number of methoxy groups -OCH3 is 2. The molecule has 0 fully saturated rings. The van der Waals surface area contributed by atoms with Crippen molar-refractivity contribution in [3.05, 3.63) is 45.1 Å². The molecule has 0 radical (unpaired) electrons. The van der Waals surface area contributed by atoms with Crippen molar-refractivity contribution in [2.24, 2.45) is 5.10 Å². The third kappa shape index (κ3) is 3.90. The molecule has 0 aliphatic heterocycles. The molecule has 1 aromatic carbocycles. The third-order valence-corrected chi connectivity index (χ3v) is 4.37. The molecule has 0 spiro atoms. The average Bonchev–Trinajstić information content (AvgIpc) is 2.90. The fraction of sp³-hybridized carbons (Fsp3) is 0.294. The number of nitrogens with zero attached hydrogens (tertiary/aromatic N) is 1. The van der Waals surface area contributed by atoms with E-state index in [0.717, 1.165) is 11.3 Å². The highest BCUT2D eigenvalue weighted by atomic mass is 32.1. The van der Waals surface area contributed by atoms with Crippen molar-refractivity contribution in [2.75, 3.05) is 14.2 Å². The van der Waals surface area contributed by atoms with Crippen LogP contribution < -0.4 is 14.9 Å². The number of nitrogens with one attached hydrogen (secondary N) is 1. The van der Waals surface area contributed by atoms with E-state index < -0.39 is 0 Å². The lowest BCUT2D eigenvalue weighted by atomic mass is 10.2. The first kappa shape index (κ1) is 17.0. The second kappa shape index (κ2) is 7.28. The Kier molecular flexibility index (Phi) is 5.39. The van der Waals surface area contributed by atoms with Gasteiger partial charge >= 0.3 is 0 Å². The quantitative estimate of drug-likeness (QED) is 0.673. The molecule has 2 rings (SSSR count). The molecule has 5 nitrogen and oxygen atoms in total. The molecule has 0 aliphatic carbocycles. The molecule has 0 saturated heterocycles. The van der Waals surface area contributed by atoms with Crippen molar-refractivity contribution < 1.29 is 14.3 Å². The Balaban J connectivity index is 2.16. The Morgan fingerprint density at radius 1 is 1.13 bits per heavy atom. The van der Waals surface area contributed by atoms with Crippen LogP contribution in [0.4, 0.5) is 0 Å². The number of ether oxygens (including phenoxy) is 2. The summed E-state index contributed by atoms with van der Waals surface area (Å²) in [6.07, 6.45) is 0. The van der Waals surface area contributed by atoms with E-state index in [2.05, 4.69) is 23.5 Å². The summed E-state index contributed by atoms with van der Waals surface area (Å²) in [4.78, 5) is 14.6. The first-order chi connectivity index (χ1) is 11.0. The maximum Gasteiger partial charge on any atom is 0.271 e. The molecule has 0 saturated carbocycles. The van der Waals surface area contributed by atoms with E-state index >= 15 is 0 Å². The second-order valence-electron chi connectivity index (χ2n) is 5.03.